The number of nitrogens with one attached hydrogen (secondary N) is 1. The fourth-order valence-corrected chi connectivity index (χ4v) is 1.14. The molecule has 1 rings (SSSR count). The molecule has 1 aromatic carbocycles. The van der Waals surface area contributed by atoms with Crippen LogP contribution in [0.3, 0.4) is 0 Å². The van der Waals surface area contributed by atoms with E-state index in [4.69, 9.17) is 0 Å². The summed E-state index contributed by atoms with van der Waals surface area (Å²) in [6.45, 7) is 0.887. The average Bonchev–Trinajstić information content (AvgIpc) is 2.04. The van der Waals surface area contributed by atoms with Crippen molar-refractivity contribution in [2.75, 3.05) is 14.1 Å². The third kappa shape index (κ3) is 2.83. The Balaban J connectivity index is 2.75. The third-order valence-corrected chi connectivity index (χ3v) is 1.70. The molecule has 1 aromatic rings. The van der Waals surface area contributed by atoms with Gasteiger partial charge < -0.3 is 4.90 Å². The van der Waals surface area contributed by atoms with E-state index in [0.717, 1.165) is 12.1 Å². The van der Waals surface area contributed by atoms with Gasteiger partial charge >= 0.3 is 0 Å². The number of hydrogen-bond acceptors (Lipinski definition) is 2. The molecular weight excluding hydrogens is 168 g/mol. The van der Waals surface area contributed by atoms with E-state index in [9.17, 15) is 10.1 Å². The lowest BCUT2D eigenvalue weighted by Gasteiger charge is -2.05. The van der Waals surface area contributed by atoms with Gasteiger partial charge in [0, 0.05) is 17.7 Å². The molecule has 1 N–H and O–H groups in total. The van der Waals surface area contributed by atoms with Gasteiger partial charge in [0.25, 0.3) is 5.69 Å². The first-order valence-electron chi connectivity index (χ1n) is 4.12. The molecule has 0 spiro atoms. The van der Waals surface area contributed by atoms with Crippen LogP contribution in [0.5, 0.6) is 0 Å². The van der Waals surface area contributed by atoms with Crippen LogP contribution in [-0.4, -0.2) is 19.0 Å². The first-order chi connectivity index (χ1) is 6.09. The van der Waals surface area contributed by atoms with Crippen LogP contribution in [0.25, 0.3) is 0 Å². The Hall–Kier alpha value is -1.42. The molecule has 4 nitrogen and oxygen atoms in total. The maximum Gasteiger partial charge on any atom is 0.269 e. The topological polar surface area (TPSA) is 47.6 Å². The number of non-ortho nitro benzene ring substituents is 1. The van der Waals surface area contributed by atoms with Crippen molar-refractivity contribution in [1.29, 1.82) is 0 Å². The van der Waals surface area contributed by atoms with Crippen LogP contribution in [0.15, 0.2) is 24.3 Å². The quantitative estimate of drug-likeness (QED) is 0.536. The van der Waals surface area contributed by atoms with Gasteiger partial charge in [-0.15, -0.1) is 0 Å². The van der Waals surface area contributed by atoms with Crippen molar-refractivity contribution in [2.24, 2.45) is 0 Å². The van der Waals surface area contributed by atoms with Crippen molar-refractivity contribution in [2.45, 2.75) is 6.54 Å². The maximum absolute atomic E-state index is 10.3. The monoisotopic (exact) mass is 181 g/mol. The number of nitro groups is 1. The molecule has 13 heavy (non-hydrogen) atoms. The Bertz CT molecular complexity index is 293. The summed E-state index contributed by atoms with van der Waals surface area (Å²) in [5.74, 6) is 0. The first kappa shape index (κ1) is 9.67. The van der Waals surface area contributed by atoms with Gasteiger partial charge in [0.2, 0.25) is 0 Å². The zero-order valence-electron chi connectivity index (χ0n) is 7.78. The molecule has 0 aliphatic carbocycles. The molecule has 70 valence electrons. The smallest absolute Gasteiger partial charge is 0.269 e. The summed E-state index contributed by atoms with van der Waals surface area (Å²) in [5, 5.41) is 10.3. The normalized spacial score (nSPS) is 10.4. The number of quaternary nitrogens is 1. The average molecular weight is 181 g/mol. The standard InChI is InChI=1S/C9H12N2O2/c1-10(2)7-8-3-5-9(6-4-8)11(12)13/h3-6H,7H2,1-2H3/p+1. The van der Waals surface area contributed by atoms with Crippen molar-refractivity contribution >= 4 is 5.69 Å². The summed E-state index contributed by atoms with van der Waals surface area (Å²) in [7, 11) is 4.09. The number of benzene rings is 1. The van der Waals surface area contributed by atoms with Crippen LogP contribution in [0.1, 0.15) is 5.56 Å². The first-order valence-corrected chi connectivity index (χ1v) is 4.12. The van der Waals surface area contributed by atoms with Gasteiger partial charge in [-0.25, -0.2) is 0 Å². The lowest BCUT2D eigenvalue weighted by atomic mass is 10.2. The molecule has 0 radical (unpaired) electrons. The van der Waals surface area contributed by atoms with Gasteiger partial charge in [-0.3, -0.25) is 10.1 Å². The van der Waals surface area contributed by atoms with Crippen LogP contribution < -0.4 is 4.90 Å². The lowest BCUT2D eigenvalue weighted by molar-refractivity contribution is -0.872. The highest BCUT2D eigenvalue weighted by Gasteiger charge is 2.04. The minimum Gasteiger partial charge on any atom is -0.336 e. The number of hydrogen-bond donors (Lipinski definition) is 1. The molecule has 0 aliphatic rings. The van der Waals surface area contributed by atoms with Crippen molar-refractivity contribution < 1.29 is 9.82 Å². The Labute approximate surface area is 76.9 Å². The van der Waals surface area contributed by atoms with E-state index in [1.54, 1.807) is 12.1 Å². The van der Waals surface area contributed by atoms with Gasteiger partial charge in [0.1, 0.15) is 6.54 Å². The summed E-state index contributed by atoms with van der Waals surface area (Å²) >= 11 is 0. The van der Waals surface area contributed by atoms with Crippen LogP contribution in [0, 0.1) is 10.1 Å². The minimum absolute atomic E-state index is 0.150. The van der Waals surface area contributed by atoms with Crippen molar-refractivity contribution in [1.82, 2.24) is 0 Å². The highest BCUT2D eigenvalue weighted by molar-refractivity contribution is 5.32. The highest BCUT2D eigenvalue weighted by atomic mass is 16.6. The molecule has 4 heteroatoms. The largest absolute Gasteiger partial charge is 0.336 e. The van der Waals surface area contributed by atoms with Gasteiger partial charge in [-0.2, -0.15) is 0 Å². The second-order valence-electron chi connectivity index (χ2n) is 3.31. The van der Waals surface area contributed by atoms with Crippen LogP contribution in [0.4, 0.5) is 5.69 Å². The summed E-state index contributed by atoms with van der Waals surface area (Å²) in [4.78, 5) is 11.3. The Kier molecular flexibility index (Phi) is 2.97. The number of nitrogens with zero attached hydrogens (tertiary/aromatic N) is 1. The molecule has 0 unspecified atom stereocenters. The van der Waals surface area contributed by atoms with E-state index in [1.807, 2.05) is 14.1 Å². The molecular formula is C9H13N2O2+. The van der Waals surface area contributed by atoms with E-state index in [0.29, 0.717) is 0 Å². The van der Waals surface area contributed by atoms with E-state index in [-0.39, 0.29) is 10.6 Å². The van der Waals surface area contributed by atoms with Crippen molar-refractivity contribution in [3.05, 3.63) is 39.9 Å². The van der Waals surface area contributed by atoms with Crippen LogP contribution >= 0.6 is 0 Å². The van der Waals surface area contributed by atoms with Crippen molar-refractivity contribution in [3.63, 3.8) is 0 Å². The van der Waals surface area contributed by atoms with E-state index in [2.05, 4.69) is 0 Å². The summed E-state index contributed by atoms with van der Waals surface area (Å²) in [5.41, 5.74) is 1.27. The zero-order chi connectivity index (χ0) is 9.84. The highest BCUT2D eigenvalue weighted by Crippen LogP contribution is 2.10. The molecule has 0 bridgehead atoms. The van der Waals surface area contributed by atoms with Crippen LogP contribution in [0.2, 0.25) is 0 Å². The van der Waals surface area contributed by atoms with Gasteiger partial charge in [0.05, 0.1) is 19.0 Å². The molecule has 0 saturated heterocycles. The molecule has 0 saturated carbocycles. The fraction of sp³-hybridized carbons (Fsp3) is 0.333. The molecule has 0 fully saturated rings. The van der Waals surface area contributed by atoms with Crippen LogP contribution in [-0.2, 0) is 6.54 Å². The Morgan fingerprint density at radius 1 is 1.31 bits per heavy atom. The van der Waals surface area contributed by atoms with Gasteiger partial charge in [-0.1, -0.05) is 0 Å². The summed E-state index contributed by atoms with van der Waals surface area (Å²) in [6, 6.07) is 6.67. The summed E-state index contributed by atoms with van der Waals surface area (Å²) in [6.07, 6.45) is 0. The second kappa shape index (κ2) is 4.00. The second-order valence-corrected chi connectivity index (χ2v) is 3.31. The maximum atomic E-state index is 10.3. The van der Waals surface area contributed by atoms with E-state index < -0.39 is 0 Å². The molecule has 0 aliphatic heterocycles. The Morgan fingerprint density at radius 2 is 1.85 bits per heavy atom. The summed E-state index contributed by atoms with van der Waals surface area (Å²) < 4.78 is 0. The minimum atomic E-state index is -0.383. The number of nitro benzene ring substituents is 1. The zero-order valence-corrected chi connectivity index (χ0v) is 7.78. The number of rotatable bonds is 3. The molecule has 0 aromatic heterocycles. The fourth-order valence-electron chi connectivity index (χ4n) is 1.14. The van der Waals surface area contributed by atoms with E-state index >= 15 is 0 Å². The molecule has 0 atom stereocenters. The third-order valence-electron chi connectivity index (χ3n) is 1.70. The predicted molar refractivity (Wildman–Crippen MR) is 49.6 cm³/mol. The van der Waals surface area contributed by atoms with Crippen molar-refractivity contribution in [3.8, 4) is 0 Å². The Morgan fingerprint density at radius 3 is 2.23 bits per heavy atom. The SMILES string of the molecule is C[NH+](C)Cc1ccc([N+](=O)[O-])cc1. The van der Waals surface area contributed by atoms with E-state index in [1.165, 1.54) is 17.0 Å². The molecule has 0 amide bonds. The lowest BCUT2D eigenvalue weighted by Crippen LogP contribution is -3.04. The van der Waals surface area contributed by atoms with Gasteiger partial charge in [-0.05, 0) is 12.1 Å². The molecule has 0 heterocycles. The predicted octanol–water partition coefficient (Wildman–Crippen LogP) is 0.239. The van der Waals surface area contributed by atoms with Gasteiger partial charge in [0.15, 0.2) is 0 Å².